The van der Waals surface area contributed by atoms with E-state index in [-0.39, 0.29) is 17.7 Å². The molecule has 150 valence electrons. The van der Waals surface area contributed by atoms with Gasteiger partial charge in [0.2, 0.25) is 5.91 Å². The first-order valence-electron chi connectivity index (χ1n) is 9.90. The zero-order valence-corrected chi connectivity index (χ0v) is 18.0. The highest BCUT2D eigenvalue weighted by Gasteiger charge is 2.29. The average Bonchev–Trinajstić information content (AvgIpc) is 3.16. The van der Waals surface area contributed by atoms with Crippen molar-refractivity contribution in [1.29, 1.82) is 0 Å². The van der Waals surface area contributed by atoms with Crippen LogP contribution in [0.3, 0.4) is 0 Å². The summed E-state index contributed by atoms with van der Waals surface area (Å²) in [4.78, 5) is 33.7. The molecule has 3 rings (SSSR count). The molecule has 1 aliphatic rings. The van der Waals surface area contributed by atoms with Gasteiger partial charge < -0.3 is 9.80 Å². The quantitative estimate of drug-likeness (QED) is 0.761. The molecule has 1 fully saturated rings. The van der Waals surface area contributed by atoms with E-state index in [0.717, 1.165) is 34.7 Å². The molecule has 0 radical (unpaired) electrons. The van der Waals surface area contributed by atoms with Crippen molar-refractivity contribution in [2.75, 3.05) is 20.1 Å². The number of aryl methyl sites for hydroxylation is 1. The zero-order chi connectivity index (χ0) is 20.3. The van der Waals surface area contributed by atoms with Gasteiger partial charge in [0.1, 0.15) is 0 Å². The van der Waals surface area contributed by atoms with Gasteiger partial charge in [0.05, 0.1) is 17.2 Å². The number of piperidine rings is 1. The maximum atomic E-state index is 12.8. The van der Waals surface area contributed by atoms with Crippen LogP contribution in [0.4, 0.5) is 0 Å². The van der Waals surface area contributed by atoms with Crippen LogP contribution in [0.2, 0.25) is 0 Å². The Balaban J connectivity index is 1.52. The molecule has 28 heavy (non-hydrogen) atoms. The number of rotatable bonds is 5. The topological polar surface area (TPSA) is 53.5 Å². The van der Waals surface area contributed by atoms with Gasteiger partial charge in [-0.05, 0) is 31.9 Å². The van der Waals surface area contributed by atoms with Crippen LogP contribution in [0, 0.1) is 12.8 Å². The number of carbonyl (C=O) groups is 2. The number of thiazole rings is 1. The van der Waals surface area contributed by atoms with Crippen LogP contribution in [0.5, 0.6) is 0 Å². The predicted molar refractivity (Wildman–Crippen MR) is 112 cm³/mol. The molecule has 5 nitrogen and oxygen atoms in total. The molecule has 0 unspecified atom stereocenters. The lowest BCUT2D eigenvalue weighted by atomic mass is 9.94. The van der Waals surface area contributed by atoms with Crippen molar-refractivity contribution < 1.29 is 9.59 Å². The first kappa shape index (κ1) is 20.5. The molecule has 0 aliphatic carbocycles. The third-order valence-electron chi connectivity index (χ3n) is 5.27. The van der Waals surface area contributed by atoms with Crippen LogP contribution in [-0.2, 0) is 11.3 Å². The zero-order valence-electron chi connectivity index (χ0n) is 17.1. The SMILES string of the molecule is Cc1ccc(C(=O)N2CCC(C(=O)N(C)Cc3csc(C(C)C)n3)CC2)cc1. The number of amides is 2. The van der Waals surface area contributed by atoms with Gasteiger partial charge in [-0.25, -0.2) is 4.98 Å². The maximum Gasteiger partial charge on any atom is 0.253 e. The molecule has 1 aromatic heterocycles. The van der Waals surface area contributed by atoms with Gasteiger partial charge in [-0.2, -0.15) is 0 Å². The molecular formula is C22H29N3O2S. The van der Waals surface area contributed by atoms with E-state index in [9.17, 15) is 9.59 Å². The van der Waals surface area contributed by atoms with Gasteiger partial charge in [-0.3, -0.25) is 9.59 Å². The minimum atomic E-state index is -0.0183. The predicted octanol–water partition coefficient (Wildman–Crippen LogP) is 4.09. The standard InChI is InChI=1S/C22H29N3O2S/c1-15(2)20-23-19(14-28-20)13-24(4)21(26)18-9-11-25(12-10-18)22(27)17-7-5-16(3)6-8-17/h5-8,14-15,18H,9-13H2,1-4H3. The molecule has 0 bridgehead atoms. The van der Waals surface area contributed by atoms with Gasteiger partial charge in [-0.15, -0.1) is 11.3 Å². The normalized spacial score (nSPS) is 15.1. The third-order valence-corrected chi connectivity index (χ3v) is 6.46. The first-order valence-corrected chi connectivity index (χ1v) is 10.8. The molecule has 0 spiro atoms. The van der Waals surface area contributed by atoms with Gasteiger partial charge in [0.25, 0.3) is 5.91 Å². The molecule has 2 heterocycles. The summed E-state index contributed by atoms with van der Waals surface area (Å²) in [7, 11) is 1.85. The van der Waals surface area contributed by atoms with E-state index in [1.54, 1.807) is 16.2 Å². The molecule has 2 amide bonds. The maximum absolute atomic E-state index is 12.8. The van der Waals surface area contributed by atoms with Crippen molar-refractivity contribution in [3.8, 4) is 0 Å². The Morgan fingerprint density at radius 1 is 1.21 bits per heavy atom. The highest BCUT2D eigenvalue weighted by atomic mass is 32.1. The Bertz CT molecular complexity index is 821. The number of benzene rings is 1. The highest BCUT2D eigenvalue weighted by molar-refractivity contribution is 7.09. The van der Waals surface area contributed by atoms with Crippen molar-refractivity contribution in [3.05, 3.63) is 51.5 Å². The van der Waals surface area contributed by atoms with Gasteiger partial charge in [0.15, 0.2) is 0 Å². The molecule has 0 saturated carbocycles. The monoisotopic (exact) mass is 399 g/mol. The molecule has 0 N–H and O–H groups in total. The van der Waals surface area contributed by atoms with Crippen molar-refractivity contribution in [3.63, 3.8) is 0 Å². The fourth-order valence-electron chi connectivity index (χ4n) is 3.50. The third kappa shape index (κ3) is 4.79. The van der Waals surface area contributed by atoms with Crippen molar-refractivity contribution in [1.82, 2.24) is 14.8 Å². The first-order chi connectivity index (χ1) is 13.3. The number of hydrogen-bond donors (Lipinski definition) is 0. The number of aromatic nitrogens is 1. The van der Waals surface area contributed by atoms with E-state index in [4.69, 9.17) is 0 Å². The van der Waals surface area contributed by atoms with Crippen LogP contribution in [0.15, 0.2) is 29.6 Å². The van der Waals surface area contributed by atoms with E-state index in [2.05, 4.69) is 18.8 Å². The fourth-order valence-corrected chi connectivity index (χ4v) is 4.33. The minimum Gasteiger partial charge on any atom is -0.340 e. The molecule has 2 aromatic rings. The summed E-state index contributed by atoms with van der Waals surface area (Å²) >= 11 is 1.66. The molecule has 1 aliphatic heterocycles. The van der Waals surface area contributed by atoms with Gasteiger partial charge in [0, 0.05) is 42.9 Å². The Morgan fingerprint density at radius 3 is 2.43 bits per heavy atom. The van der Waals surface area contributed by atoms with Gasteiger partial charge in [-0.1, -0.05) is 31.5 Å². The van der Waals surface area contributed by atoms with Crippen molar-refractivity contribution >= 4 is 23.2 Å². The summed E-state index contributed by atoms with van der Waals surface area (Å²) in [6, 6.07) is 7.67. The lowest BCUT2D eigenvalue weighted by Crippen LogP contribution is -2.43. The molecule has 0 atom stereocenters. The van der Waals surface area contributed by atoms with Crippen LogP contribution in [-0.4, -0.2) is 46.7 Å². The van der Waals surface area contributed by atoms with E-state index < -0.39 is 0 Å². The average molecular weight is 400 g/mol. The minimum absolute atomic E-state index is 0.0183. The van der Waals surface area contributed by atoms with Crippen LogP contribution >= 0.6 is 11.3 Å². The summed E-state index contributed by atoms with van der Waals surface area (Å²) in [5.74, 6) is 0.606. The number of hydrogen-bond acceptors (Lipinski definition) is 4. The van der Waals surface area contributed by atoms with Crippen LogP contribution < -0.4 is 0 Å². The van der Waals surface area contributed by atoms with Gasteiger partial charge >= 0.3 is 0 Å². The second-order valence-electron chi connectivity index (χ2n) is 7.96. The largest absolute Gasteiger partial charge is 0.340 e. The Labute approximate surface area is 171 Å². The number of carbonyl (C=O) groups excluding carboxylic acids is 2. The molecular weight excluding hydrogens is 370 g/mol. The lowest BCUT2D eigenvalue weighted by molar-refractivity contribution is -0.136. The van der Waals surface area contributed by atoms with E-state index in [1.807, 2.05) is 48.5 Å². The number of nitrogens with zero attached hydrogens (tertiary/aromatic N) is 3. The summed E-state index contributed by atoms with van der Waals surface area (Å²) in [5.41, 5.74) is 2.82. The van der Waals surface area contributed by atoms with E-state index in [1.165, 1.54) is 0 Å². The highest BCUT2D eigenvalue weighted by Crippen LogP contribution is 2.23. The molecule has 1 aromatic carbocycles. The van der Waals surface area contributed by atoms with Crippen molar-refractivity contribution in [2.24, 2.45) is 5.92 Å². The summed E-state index contributed by atoms with van der Waals surface area (Å²) in [6.45, 7) is 8.07. The number of likely N-dealkylation sites (tertiary alicyclic amines) is 1. The van der Waals surface area contributed by atoms with E-state index in [0.29, 0.717) is 25.6 Å². The smallest absolute Gasteiger partial charge is 0.253 e. The second kappa shape index (κ2) is 8.86. The second-order valence-corrected chi connectivity index (χ2v) is 8.85. The fraction of sp³-hybridized carbons (Fsp3) is 0.500. The molecule has 6 heteroatoms. The van der Waals surface area contributed by atoms with Crippen LogP contribution in [0.1, 0.15) is 59.2 Å². The summed E-state index contributed by atoms with van der Waals surface area (Å²) in [5, 5.41) is 3.15. The Morgan fingerprint density at radius 2 is 1.86 bits per heavy atom. The summed E-state index contributed by atoms with van der Waals surface area (Å²) < 4.78 is 0. The lowest BCUT2D eigenvalue weighted by Gasteiger charge is -2.33. The summed E-state index contributed by atoms with van der Waals surface area (Å²) in [6.07, 6.45) is 1.43. The molecule has 1 saturated heterocycles. The van der Waals surface area contributed by atoms with E-state index >= 15 is 0 Å². The Hall–Kier alpha value is -2.21. The van der Waals surface area contributed by atoms with Crippen molar-refractivity contribution in [2.45, 2.75) is 46.1 Å². The van der Waals surface area contributed by atoms with Crippen LogP contribution in [0.25, 0.3) is 0 Å². The Kier molecular flexibility index (Phi) is 6.50.